The monoisotopic (exact) mass is 268 g/mol. The molecule has 1 heterocycles. The van der Waals surface area contributed by atoms with E-state index in [1.807, 2.05) is 0 Å². The minimum Gasteiger partial charge on any atom is -0.396 e. The molecule has 3 nitrogen and oxygen atoms in total. The molecule has 2 rings (SSSR count). The predicted molar refractivity (Wildman–Crippen MR) is 80.3 cm³/mol. The molecular weight excluding hydrogens is 236 g/mol. The van der Waals surface area contributed by atoms with Gasteiger partial charge in [0.2, 0.25) is 0 Å². The van der Waals surface area contributed by atoms with Gasteiger partial charge in [-0.2, -0.15) is 0 Å². The Labute approximate surface area is 118 Å². The van der Waals surface area contributed by atoms with Crippen molar-refractivity contribution in [2.75, 3.05) is 19.7 Å². The summed E-state index contributed by atoms with van der Waals surface area (Å²) in [6, 6.07) is 1.98. The molecule has 19 heavy (non-hydrogen) atoms. The van der Waals surface area contributed by atoms with E-state index < -0.39 is 0 Å². The summed E-state index contributed by atoms with van der Waals surface area (Å²) in [4.78, 5) is 2.74. The largest absolute Gasteiger partial charge is 0.396 e. The van der Waals surface area contributed by atoms with Crippen LogP contribution >= 0.6 is 0 Å². The van der Waals surface area contributed by atoms with Crippen molar-refractivity contribution in [2.24, 2.45) is 5.92 Å². The summed E-state index contributed by atoms with van der Waals surface area (Å²) in [7, 11) is 0. The number of hydrogen-bond acceptors (Lipinski definition) is 3. The highest BCUT2D eigenvalue weighted by molar-refractivity contribution is 4.85. The molecule has 1 aliphatic carbocycles. The second kappa shape index (κ2) is 7.61. The molecule has 0 spiro atoms. The number of aliphatic hydroxyl groups is 1. The molecule has 1 aliphatic heterocycles. The zero-order valence-corrected chi connectivity index (χ0v) is 12.8. The molecule has 3 atom stereocenters. The Morgan fingerprint density at radius 3 is 2.58 bits per heavy atom. The van der Waals surface area contributed by atoms with Crippen LogP contribution in [0.4, 0.5) is 0 Å². The molecule has 1 saturated heterocycles. The SMILES string of the molecule is CC1CCCC(N2CCC(N[C@H](C)CCO)CC2)C1. The average Bonchev–Trinajstić information content (AvgIpc) is 2.40. The number of rotatable bonds is 5. The third-order valence-electron chi connectivity index (χ3n) is 5.04. The molecule has 0 bridgehead atoms. The van der Waals surface area contributed by atoms with Crippen LogP contribution in [0.5, 0.6) is 0 Å². The van der Waals surface area contributed by atoms with E-state index in [-0.39, 0.29) is 0 Å². The Bertz CT molecular complexity index is 251. The van der Waals surface area contributed by atoms with Gasteiger partial charge in [-0.3, -0.25) is 0 Å². The third kappa shape index (κ3) is 4.73. The molecule has 0 aromatic carbocycles. The fourth-order valence-corrected chi connectivity index (χ4v) is 3.84. The van der Waals surface area contributed by atoms with Crippen LogP contribution in [0.1, 0.15) is 58.8 Å². The van der Waals surface area contributed by atoms with Gasteiger partial charge in [0.15, 0.2) is 0 Å². The second-order valence-electron chi connectivity index (χ2n) is 6.82. The van der Waals surface area contributed by atoms with E-state index in [9.17, 15) is 0 Å². The van der Waals surface area contributed by atoms with Gasteiger partial charge in [-0.1, -0.05) is 19.8 Å². The Hall–Kier alpha value is -0.120. The van der Waals surface area contributed by atoms with Crippen LogP contribution in [-0.4, -0.2) is 47.8 Å². The van der Waals surface area contributed by atoms with Crippen molar-refractivity contribution in [1.82, 2.24) is 10.2 Å². The summed E-state index contributed by atoms with van der Waals surface area (Å²) in [5.74, 6) is 0.930. The Morgan fingerprint density at radius 2 is 1.95 bits per heavy atom. The van der Waals surface area contributed by atoms with Gasteiger partial charge in [-0.05, 0) is 58.0 Å². The molecule has 0 amide bonds. The number of hydrogen-bond donors (Lipinski definition) is 2. The van der Waals surface area contributed by atoms with Crippen molar-refractivity contribution in [3.63, 3.8) is 0 Å². The van der Waals surface area contributed by atoms with Crippen LogP contribution in [0.25, 0.3) is 0 Å². The lowest BCUT2D eigenvalue weighted by molar-refractivity contribution is 0.0976. The lowest BCUT2D eigenvalue weighted by Gasteiger charge is -2.41. The van der Waals surface area contributed by atoms with Crippen molar-refractivity contribution in [2.45, 2.75) is 76.9 Å². The van der Waals surface area contributed by atoms with Gasteiger partial charge in [0, 0.05) is 24.7 Å². The van der Waals surface area contributed by atoms with Crippen molar-refractivity contribution < 1.29 is 5.11 Å². The van der Waals surface area contributed by atoms with Crippen LogP contribution in [0, 0.1) is 5.92 Å². The van der Waals surface area contributed by atoms with E-state index in [1.54, 1.807) is 0 Å². The smallest absolute Gasteiger partial charge is 0.0445 e. The molecule has 0 aromatic rings. The van der Waals surface area contributed by atoms with Crippen LogP contribution in [-0.2, 0) is 0 Å². The molecule has 3 heteroatoms. The zero-order chi connectivity index (χ0) is 13.7. The van der Waals surface area contributed by atoms with Crippen molar-refractivity contribution >= 4 is 0 Å². The Morgan fingerprint density at radius 1 is 1.21 bits per heavy atom. The van der Waals surface area contributed by atoms with E-state index in [4.69, 9.17) is 5.11 Å². The van der Waals surface area contributed by atoms with Gasteiger partial charge < -0.3 is 15.3 Å². The van der Waals surface area contributed by atoms with Crippen molar-refractivity contribution in [3.8, 4) is 0 Å². The molecule has 1 saturated carbocycles. The van der Waals surface area contributed by atoms with Crippen molar-refractivity contribution in [3.05, 3.63) is 0 Å². The molecule has 2 unspecified atom stereocenters. The average molecular weight is 268 g/mol. The summed E-state index contributed by atoms with van der Waals surface area (Å²) in [6.07, 6.45) is 9.13. The van der Waals surface area contributed by atoms with Gasteiger partial charge in [-0.15, -0.1) is 0 Å². The molecular formula is C16H32N2O. The molecule has 2 N–H and O–H groups in total. The number of likely N-dealkylation sites (tertiary alicyclic amines) is 1. The van der Waals surface area contributed by atoms with Crippen LogP contribution < -0.4 is 5.32 Å². The van der Waals surface area contributed by atoms with Crippen LogP contribution in [0.15, 0.2) is 0 Å². The lowest BCUT2D eigenvalue weighted by atomic mass is 9.85. The van der Waals surface area contributed by atoms with E-state index >= 15 is 0 Å². The van der Waals surface area contributed by atoms with E-state index in [0.717, 1.165) is 18.4 Å². The molecule has 0 radical (unpaired) electrons. The summed E-state index contributed by atoms with van der Waals surface area (Å²) in [5.41, 5.74) is 0. The van der Waals surface area contributed by atoms with Gasteiger partial charge in [0.05, 0.1) is 0 Å². The summed E-state index contributed by atoms with van der Waals surface area (Å²) >= 11 is 0. The minimum atomic E-state index is 0.299. The standard InChI is InChI=1S/C16H32N2O/c1-13-4-3-5-16(12-13)18-9-6-15(7-10-18)17-14(2)8-11-19/h13-17,19H,3-12H2,1-2H3/t13?,14-,16?/m1/s1. The summed E-state index contributed by atoms with van der Waals surface area (Å²) < 4.78 is 0. The quantitative estimate of drug-likeness (QED) is 0.803. The third-order valence-corrected chi connectivity index (χ3v) is 5.04. The maximum absolute atomic E-state index is 8.95. The number of nitrogens with one attached hydrogen (secondary N) is 1. The fraction of sp³-hybridized carbons (Fsp3) is 1.00. The van der Waals surface area contributed by atoms with Gasteiger partial charge >= 0.3 is 0 Å². The number of nitrogens with zero attached hydrogens (tertiary/aromatic N) is 1. The maximum Gasteiger partial charge on any atom is 0.0445 e. The van der Waals surface area contributed by atoms with E-state index in [2.05, 4.69) is 24.1 Å². The summed E-state index contributed by atoms with van der Waals surface area (Å²) in [5, 5.41) is 12.6. The first kappa shape index (κ1) is 15.3. The minimum absolute atomic E-state index is 0.299. The number of piperidine rings is 1. The van der Waals surface area contributed by atoms with Gasteiger partial charge in [0.1, 0.15) is 0 Å². The van der Waals surface area contributed by atoms with Gasteiger partial charge in [-0.25, -0.2) is 0 Å². The maximum atomic E-state index is 8.95. The molecule has 112 valence electrons. The van der Waals surface area contributed by atoms with Crippen LogP contribution in [0.3, 0.4) is 0 Å². The first-order valence-electron chi connectivity index (χ1n) is 8.30. The highest BCUT2D eigenvalue weighted by atomic mass is 16.3. The first-order valence-corrected chi connectivity index (χ1v) is 8.30. The highest BCUT2D eigenvalue weighted by Gasteiger charge is 2.28. The Balaban J connectivity index is 1.70. The number of aliphatic hydroxyl groups excluding tert-OH is 1. The van der Waals surface area contributed by atoms with Crippen LogP contribution in [0.2, 0.25) is 0 Å². The normalized spacial score (nSPS) is 32.4. The van der Waals surface area contributed by atoms with E-state index in [0.29, 0.717) is 18.7 Å². The second-order valence-corrected chi connectivity index (χ2v) is 6.82. The lowest BCUT2D eigenvalue weighted by Crippen LogP contribution is -2.49. The zero-order valence-electron chi connectivity index (χ0n) is 12.8. The van der Waals surface area contributed by atoms with Gasteiger partial charge in [0.25, 0.3) is 0 Å². The van der Waals surface area contributed by atoms with Crippen molar-refractivity contribution in [1.29, 1.82) is 0 Å². The predicted octanol–water partition coefficient (Wildman–Crippen LogP) is 2.39. The fourth-order valence-electron chi connectivity index (χ4n) is 3.84. The first-order chi connectivity index (χ1) is 9.19. The summed E-state index contributed by atoms with van der Waals surface area (Å²) in [6.45, 7) is 7.43. The molecule has 2 aliphatic rings. The highest BCUT2D eigenvalue weighted by Crippen LogP contribution is 2.29. The topological polar surface area (TPSA) is 35.5 Å². The molecule has 0 aromatic heterocycles. The molecule has 2 fully saturated rings. The Kier molecular flexibility index (Phi) is 6.11. The van der Waals surface area contributed by atoms with E-state index in [1.165, 1.54) is 51.6 Å².